The van der Waals surface area contributed by atoms with Crippen molar-refractivity contribution in [3.63, 3.8) is 0 Å². The van der Waals surface area contributed by atoms with Gasteiger partial charge in [0.15, 0.2) is 11.6 Å². The van der Waals surface area contributed by atoms with Crippen LogP contribution in [-0.4, -0.2) is 48.8 Å². The van der Waals surface area contributed by atoms with E-state index in [1.807, 2.05) is 44.3 Å². The van der Waals surface area contributed by atoms with Gasteiger partial charge in [0.1, 0.15) is 12.0 Å². The third-order valence-corrected chi connectivity index (χ3v) is 5.83. The molecule has 1 N–H and O–H groups in total. The van der Waals surface area contributed by atoms with Gasteiger partial charge in [0.2, 0.25) is 0 Å². The normalized spacial score (nSPS) is 12.7. The van der Waals surface area contributed by atoms with Crippen molar-refractivity contribution in [1.29, 1.82) is 0 Å². The topological polar surface area (TPSA) is 95.0 Å². The smallest absolute Gasteiger partial charge is 0.277 e. The van der Waals surface area contributed by atoms with Gasteiger partial charge in [0.05, 0.1) is 41.1 Å². The number of nitrogens with zero attached hydrogens (tertiary/aromatic N) is 7. The van der Waals surface area contributed by atoms with E-state index in [2.05, 4.69) is 30.5 Å². The molecular weight excluding hydrogens is 454 g/mol. The SMILES string of the molecule is COc1c(Nc2cc(Cc3cc(C)n(C)n3)nc3c2N=C(C(F)F)C3)cccc1-c1ncn(C)n1. The molecule has 0 spiro atoms. The Bertz CT molecular complexity index is 1420. The van der Waals surface area contributed by atoms with Crippen LogP contribution in [-0.2, 0) is 26.9 Å². The van der Waals surface area contributed by atoms with Crippen molar-refractivity contribution < 1.29 is 13.5 Å². The highest BCUT2D eigenvalue weighted by atomic mass is 19.3. The summed E-state index contributed by atoms with van der Waals surface area (Å²) in [5.74, 6) is 1.04. The Balaban J connectivity index is 1.56. The van der Waals surface area contributed by atoms with Crippen LogP contribution >= 0.6 is 0 Å². The van der Waals surface area contributed by atoms with Gasteiger partial charge in [-0.1, -0.05) is 6.07 Å². The highest BCUT2D eigenvalue weighted by Crippen LogP contribution is 2.41. The molecule has 4 aromatic rings. The molecule has 1 aromatic carbocycles. The van der Waals surface area contributed by atoms with E-state index in [0.717, 1.165) is 11.4 Å². The third-order valence-electron chi connectivity index (χ3n) is 5.83. The van der Waals surface area contributed by atoms with E-state index in [1.54, 1.807) is 29.8 Å². The average Bonchev–Trinajstić information content (AvgIpc) is 3.52. The standard InChI is InChI=1S/C24H24F2N8O/c1-13-8-15(31-34(13)3)9-14-10-18(21-19(28-14)11-20(30-21)23(25)26)29-17-7-5-6-16(22(17)35-4)24-27-12-33(2)32-24/h5-8,10,12,23H,9,11H2,1-4H3,(H,28,29). The maximum absolute atomic E-state index is 13.5. The number of nitrogens with one attached hydrogen (secondary N) is 1. The van der Waals surface area contributed by atoms with Gasteiger partial charge in [0, 0.05) is 38.3 Å². The maximum Gasteiger partial charge on any atom is 0.277 e. The van der Waals surface area contributed by atoms with E-state index in [1.165, 1.54) is 0 Å². The second-order valence-corrected chi connectivity index (χ2v) is 8.37. The fourth-order valence-corrected chi connectivity index (χ4v) is 4.11. The van der Waals surface area contributed by atoms with Crippen molar-refractivity contribution in [1.82, 2.24) is 29.5 Å². The van der Waals surface area contributed by atoms with Gasteiger partial charge >= 0.3 is 0 Å². The van der Waals surface area contributed by atoms with Gasteiger partial charge < -0.3 is 10.1 Å². The number of hydrogen-bond donors (Lipinski definition) is 1. The zero-order chi connectivity index (χ0) is 24.7. The molecular formula is C24H24F2N8O. The Labute approximate surface area is 200 Å². The Morgan fingerprint density at radius 3 is 2.60 bits per heavy atom. The molecule has 9 nitrogen and oxygen atoms in total. The first kappa shape index (κ1) is 22.6. The molecule has 0 amide bonds. The Morgan fingerprint density at radius 2 is 1.94 bits per heavy atom. The van der Waals surface area contributed by atoms with Gasteiger partial charge in [-0.15, -0.1) is 0 Å². The third kappa shape index (κ3) is 4.36. The summed E-state index contributed by atoms with van der Waals surface area (Å²) in [4.78, 5) is 13.2. The summed E-state index contributed by atoms with van der Waals surface area (Å²) < 4.78 is 36.1. The number of para-hydroxylation sites is 1. The lowest BCUT2D eigenvalue weighted by molar-refractivity contribution is 0.224. The van der Waals surface area contributed by atoms with E-state index in [0.29, 0.717) is 52.0 Å². The number of hydrogen-bond acceptors (Lipinski definition) is 7. The van der Waals surface area contributed by atoms with Crippen molar-refractivity contribution in [3.8, 4) is 17.1 Å². The summed E-state index contributed by atoms with van der Waals surface area (Å²) in [5, 5.41) is 12.2. The monoisotopic (exact) mass is 478 g/mol. The minimum Gasteiger partial charge on any atom is -0.494 e. The number of rotatable bonds is 7. The molecule has 0 saturated carbocycles. The molecule has 0 unspecified atom stereocenters. The molecule has 0 fully saturated rings. The number of halogens is 2. The van der Waals surface area contributed by atoms with Crippen molar-refractivity contribution in [2.24, 2.45) is 19.1 Å². The number of benzene rings is 1. The van der Waals surface area contributed by atoms with Crippen LogP contribution in [0.2, 0.25) is 0 Å². The highest BCUT2D eigenvalue weighted by Gasteiger charge is 2.27. The first-order valence-electron chi connectivity index (χ1n) is 11.0. The lowest BCUT2D eigenvalue weighted by Gasteiger charge is -2.16. The number of fused-ring (bicyclic) bond motifs is 1. The molecule has 4 heterocycles. The van der Waals surface area contributed by atoms with Gasteiger partial charge in [-0.2, -0.15) is 10.2 Å². The summed E-state index contributed by atoms with van der Waals surface area (Å²) in [6.45, 7) is 1.97. The molecule has 0 atom stereocenters. The van der Waals surface area contributed by atoms with Crippen LogP contribution in [0.4, 0.5) is 25.8 Å². The fourth-order valence-electron chi connectivity index (χ4n) is 4.11. The molecule has 1 aliphatic rings. The van der Waals surface area contributed by atoms with Gasteiger partial charge in [0.25, 0.3) is 6.43 Å². The lowest BCUT2D eigenvalue weighted by Crippen LogP contribution is -2.10. The van der Waals surface area contributed by atoms with Crippen LogP contribution in [0.1, 0.15) is 22.8 Å². The van der Waals surface area contributed by atoms with Crippen molar-refractivity contribution in [2.75, 3.05) is 12.4 Å². The molecule has 1 aliphatic heterocycles. The first-order chi connectivity index (χ1) is 16.8. The molecule has 0 aliphatic carbocycles. The van der Waals surface area contributed by atoms with E-state index < -0.39 is 6.43 Å². The van der Waals surface area contributed by atoms with Gasteiger partial charge in [-0.25, -0.2) is 18.8 Å². The van der Waals surface area contributed by atoms with Crippen LogP contribution in [0.5, 0.6) is 5.75 Å². The zero-order valence-corrected chi connectivity index (χ0v) is 19.8. The zero-order valence-electron chi connectivity index (χ0n) is 19.8. The molecule has 0 saturated heterocycles. The average molecular weight is 479 g/mol. The molecule has 11 heteroatoms. The molecule has 5 rings (SSSR count). The van der Waals surface area contributed by atoms with Crippen molar-refractivity contribution in [2.45, 2.75) is 26.2 Å². The van der Waals surface area contributed by atoms with E-state index in [-0.39, 0.29) is 12.1 Å². The number of methoxy groups -OCH3 is 1. The number of aryl methyl sites for hydroxylation is 3. The Hall–Kier alpha value is -4.15. The second kappa shape index (κ2) is 8.90. The maximum atomic E-state index is 13.5. The number of aromatic nitrogens is 6. The number of aliphatic imine (C=N–C) groups is 1. The molecule has 180 valence electrons. The quantitative estimate of drug-likeness (QED) is 0.429. The van der Waals surface area contributed by atoms with Crippen LogP contribution < -0.4 is 10.1 Å². The Morgan fingerprint density at radius 1 is 1.11 bits per heavy atom. The largest absolute Gasteiger partial charge is 0.494 e. The van der Waals surface area contributed by atoms with Gasteiger partial charge in [-0.3, -0.25) is 14.3 Å². The van der Waals surface area contributed by atoms with E-state index in [9.17, 15) is 8.78 Å². The van der Waals surface area contributed by atoms with Crippen molar-refractivity contribution in [3.05, 3.63) is 59.4 Å². The van der Waals surface area contributed by atoms with E-state index in [4.69, 9.17) is 4.74 Å². The highest BCUT2D eigenvalue weighted by molar-refractivity contribution is 5.98. The summed E-state index contributed by atoms with van der Waals surface area (Å²) in [6, 6.07) is 9.36. The second-order valence-electron chi connectivity index (χ2n) is 8.37. The van der Waals surface area contributed by atoms with Gasteiger partial charge in [-0.05, 0) is 31.2 Å². The van der Waals surface area contributed by atoms with Crippen LogP contribution in [0, 0.1) is 6.92 Å². The molecule has 0 radical (unpaired) electrons. The summed E-state index contributed by atoms with van der Waals surface area (Å²) in [5.41, 5.74) is 5.19. The summed E-state index contributed by atoms with van der Waals surface area (Å²) in [6.07, 6.45) is -0.572. The lowest BCUT2D eigenvalue weighted by atomic mass is 10.1. The number of alkyl halides is 2. The van der Waals surface area contributed by atoms with Crippen LogP contribution in [0.3, 0.4) is 0 Å². The van der Waals surface area contributed by atoms with Crippen molar-refractivity contribution >= 4 is 22.8 Å². The predicted octanol–water partition coefficient (Wildman–Crippen LogP) is 4.16. The van der Waals surface area contributed by atoms with Crippen LogP contribution in [0.15, 0.2) is 41.7 Å². The fraction of sp³-hybridized carbons (Fsp3) is 0.292. The van der Waals surface area contributed by atoms with E-state index >= 15 is 0 Å². The first-order valence-corrected chi connectivity index (χ1v) is 11.0. The minimum atomic E-state index is -2.65. The molecule has 35 heavy (non-hydrogen) atoms. The molecule has 3 aromatic heterocycles. The minimum absolute atomic E-state index is 0.00575. The Kier molecular flexibility index (Phi) is 5.75. The number of pyridine rings is 1. The summed E-state index contributed by atoms with van der Waals surface area (Å²) in [7, 11) is 5.22. The van der Waals surface area contributed by atoms with Crippen LogP contribution in [0.25, 0.3) is 11.4 Å². The molecule has 0 bridgehead atoms. The number of ether oxygens (including phenoxy) is 1. The predicted molar refractivity (Wildman–Crippen MR) is 128 cm³/mol. The summed E-state index contributed by atoms with van der Waals surface area (Å²) >= 11 is 0. The number of anilines is 2.